The Hall–Kier alpha value is -1.92. The largest absolute Gasteiger partial charge is 0.508 e. The molecular formula is C15H18N2O3S. The van der Waals surface area contributed by atoms with E-state index in [0.717, 1.165) is 29.7 Å². The third-order valence-electron chi connectivity index (χ3n) is 3.28. The lowest BCUT2D eigenvalue weighted by atomic mass is 10.1. The molecule has 1 heterocycles. The van der Waals surface area contributed by atoms with E-state index in [-0.39, 0.29) is 15.7 Å². The zero-order chi connectivity index (χ0) is 15.2. The molecule has 0 aliphatic heterocycles. The highest BCUT2D eigenvalue weighted by Gasteiger charge is 2.10. The number of benzene rings is 1. The summed E-state index contributed by atoms with van der Waals surface area (Å²) in [5, 5.41) is 25.2. The standard InChI is InChI=1S/C15H18N2O3S/c1-11(2-3-12-4-6-14(18)7-5-12)16-9-13-8-15(17(19)20)21-10-13/h4-8,10-11,16,18H,2-3,9H2,1H3. The molecule has 0 aliphatic rings. The number of nitrogens with one attached hydrogen (secondary N) is 1. The monoisotopic (exact) mass is 306 g/mol. The second-order valence-corrected chi connectivity index (χ2v) is 5.93. The lowest BCUT2D eigenvalue weighted by Gasteiger charge is -2.13. The highest BCUT2D eigenvalue weighted by molar-refractivity contribution is 7.13. The summed E-state index contributed by atoms with van der Waals surface area (Å²) in [5.74, 6) is 0.281. The maximum absolute atomic E-state index is 10.6. The molecule has 2 aromatic rings. The van der Waals surface area contributed by atoms with Crippen molar-refractivity contribution in [3.8, 4) is 5.75 Å². The molecule has 0 saturated heterocycles. The van der Waals surface area contributed by atoms with E-state index in [0.29, 0.717) is 12.6 Å². The summed E-state index contributed by atoms with van der Waals surface area (Å²) in [6.45, 7) is 2.74. The van der Waals surface area contributed by atoms with Crippen molar-refractivity contribution >= 4 is 16.3 Å². The average Bonchev–Trinajstić information content (AvgIpc) is 2.93. The molecule has 1 aromatic heterocycles. The number of aromatic hydroxyl groups is 1. The molecule has 2 rings (SSSR count). The van der Waals surface area contributed by atoms with Crippen molar-refractivity contribution in [2.24, 2.45) is 0 Å². The van der Waals surface area contributed by atoms with Gasteiger partial charge in [0.05, 0.1) is 4.92 Å². The number of phenols is 1. The second kappa shape index (κ2) is 7.19. The minimum absolute atomic E-state index is 0.184. The first-order valence-corrected chi connectivity index (χ1v) is 7.65. The first-order valence-electron chi connectivity index (χ1n) is 6.77. The van der Waals surface area contributed by atoms with E-state index < -0.39 is 0 Å². The molecule has 0 spiro atoms. The number of rotatable bonds is 7. The van der Waals surface area contributed by atoms with E-state index in [1.807, 2.05) is 17.5 Å². The van der Waals surface area contributed by atoms with Crippen LogP contribution in [0.2, 0.25) is 0 Å². The van der Waals surface area contributed by atoms with Crippen LogP contribution >= 0.6 is 11.3 Å². The average molecular weight is 306 g/mol. The molecule has 0 radical (unpaired) electrons. The number of nitrogens with zero attached hydrogens (tertiary/aromatic N) is 1. The fraction of sp³-hybridized carbons (Fsp3) is 0.333. The first kappa shape index (κ1) is 15.5. The summed E-state index contributed by atoms with van der Waals surface area (Å²) in [4.78, 5) is 10.3. The normalized spacial score (nSPS) is 12.2. The van der Waals surface area contributed by atoms with Crippen LogP contribution in [-0.4, -0.2) is 16.1 Å². The predicted molar refractivity (Wildman–Crippen MR) is 83.7 cm³/mol. The van der Waals surface area contributed by atoms with Gasteiger partial charge in [-0.1, -0.05) is 23.5 Å². The molecule has 5 nitrogen and oxygen atoms in total. The van der Waals surface area contributed by atoms with Crippen LogP contribution in [0.25, 0.3) is 0 Å². The smallest absolute Gasteiger partial charge is 0.324 e. The Labute approximate surface area is 127 Å². The molecule has 1 aromatic carbocycles. The van der Waals surface area contributed by atoms with Crippen LogP contribution in [0.1, 0.15) is 24.5 Å². The maximum atomic E-state index is 10.6. The van der Waals surface area contributed by atoms with E-state index in [2.05, 4.69) is 12.2 Å². The first-order chi connectivity index (χ1) is 10.0. The van der Waals surface area contributed by atoms with E-state index >= 15 is 0 Å². The molecule has 6 heteroatoms. The molecule has 2 N–H and O–H groups in total. The summed E-state index contributed by atoms with van der Waals surface area (Å²) < 4.78 is 0. The quantitative estimate of drug-likeness (QED) is 0.606. The summed E-state index contributed by atoms with van der Waals surface area (Å²) in [6, 6.07) is 9.16. The minimum atomic E-state index is -0.359. The van der Waals surface area contributed by atoms with Crippen LogP contribution in [0.5, 0.6) is 5.75 Å². The lowest BCUT2D eigenvalue weighted by Crippen LogP contribution is -2.25. The van der Waals surface area contributed by atoms with Gasteiger partial charge in [0.25, 0.3) is 0 Å². The van der Waals surface area contributed by atoms with Crippen molar-refractivity contribution in [2.75, 3.05) is 0 Å². The Bertz CT molecular complexity index is 595. The van der Waals surface area contributed by atoms with Crippen LogP contribution in [0.15, 0.2) is 35.7 Å². The number of nitro groups is 1. The Kier molecular flexibility index (Phi) is 5.30. The van der Waals surface area contributed by atoms with E-state index in [4.69, 9.17) is 0 Å². The number of hydrogen-bond donors (Lipinski definition) is 2. The highest BCUT2D eigenvalue weighted by Crippen LogP contribution is 2.22. The van der Waals surface area contributed by atoms with Crippen molar-refractivity contribution in [2.45, 2.75) is 32.4 Å². The van der Waals surface area contributed by atoms with Crippen molar-refractivity contribution in [1.82, 2.24) is 5.32 Å². The van der Waals surface area contributed by atoms with Crippen LogP contribution in [-0.2, 0) is 13.0 Å². The summed E-state index contributed by atoms with van der Waals surface area (Å²) in [7, 11) is 0. The molecule has 21 heavy (non-hydrogen) atoms. The Morgan fingerprint density at radius 3 is 2.67 bits per heavy atom. The molecule has 112 valence electrons. The van der Waals surface area contributed by atoms with E-state index in [1.165, 1.54) is 5.56 Å². The number of thiophene rings is 1. The van der Waals surface area contributed by atoms with Gasteiger partial charge in [-0.2, -0.15) is 0 Å². The van der Waals surface area contributed by atoms with Crippen LogP contribution in [0.3, 0.4) is 0 Å². The van der Waals surface area contributed by atoms with Crippen LogP contribution in [0.4, 0.5) is 5.00 Å². The molecule has 0 aliphatic carbocycles. The fourth-order valence-corrected chi connectivity index (χ4v) is 2.72. The zero-order valence-electron chi connectivity index (χ0n) is 11.8. The van der Waals surface area contributed by atoms with Crippen molar-refractivity contribution in [3.63, 3.8) is 0 Å². The van der Waals surface area contributed by atoms with Crippen molar-refractivity contribution < 1.29 is 10.0 Å². The predicted octanol–water partition coefficient (Wildman–Crippen LogP) is 3.47. The van der Waals surface area contributed by atoms with Gasteiger partial charge in [-0.25, -0.2) is 0 Å². The minimum Gasteiger partial charge on any atom is -0.508 e. The molecular weight excluding hydrogens is 288 g/mol. The number of hydrogen-bond acceptors (Lipinski definition) is 5. The topological polar surface area (TPSA) is 75.4 Å². The molecule has 1 unspecified atom stereocenters. The number of phenolic OH excluding ortho intramolecular Hbond substituents is 1. The Balaban J connectivity index is 1.75. The third-order valence-corrected chi connectivity index (χ3v) is 4.21. The molecule has 0 saturated carbocycles. The van der Waals surface area contributed by atoms with Crippen molar-refractivity contribution in [3.05, 3.63) is 57.0 Å². The van der Waals surface area contributed by atoms with Gasteiger partial charge in [-0.15, -0.1) is 0 Å². The van der Waals surface area contributed by atoms with Gasteiger partial charge >= 0.3 is 5.00 Å². The van der Waals surface area contributed by atoms with Gasteiger partial charge in [0, 0.05) is 24.0 Å². The van der Waals surface area contributed by atoms with E-state index in [1.54, 1.807) is 18.2 Å². The van der Waals surface area contributed by atoms with Crippen LogP contribution < -0.4 is 5.32 Å². The third kappa shape index (κ3) is 4.84. The van der Waals surface area contributed by atoms with Crippen LogP contribution in [0, 0.1) is 10.1 Å². The van der Waals surface area contributed by atoms with Gasteiger partial charge in [-0.3, -0.25) is 10.1 Å². The van der Waals surface area contributed by atoms with Gasteiger partial charge in [0.15, 0.2) is 0 Å². The van der Waals surface area contributed by atoms with Crippen molar-refractivity contribution in [1.29, 1.82) is 0 Å². The van der Waals surface area contributed by atoms with Gasteiger partial charge < -0.3 is 10.4 Å². The Morgan fingerprint density at radius 1 is 1.33 bits per heavy atom. The molecule has 0 fully saturated rings. The maximum Gasteiger partial charge on any atom is 0.324 e. The van der Waals surface area contributed by atoms with Gasteiger partial charge in [0.2, 0.25) is 0 Å². The summed E-state index contributed by atoms with van der Waals surface area (Å²) >= 11 is 1.16. The van der Waals surface area contributed by atoms with E-state index in [9.17, 15) is 15.2 Å². The highest BCUT2D eigenvalue weighted by atomic mass is 32.1. The SMILES string of the molecule is CC(CCc1ccc(O)cc1)NCc1csc([N+](=O)[O-])c1. The zero-order valence-corrected chi connectivity index (χ0v) is 12.6. The fourth-order valence-electron chi connectivity index (χ4n) is 1.99. The van der Waals surface area contributed by atoms with Gasteiger partial charge in [0.1, 0.15) is 5.75 Å². The van der Waals surface area contributed by atoms with Gasteiger partial charge in [-0.05, 0) is 43.0 Å². The molecule has 1 atom stereocenters. The second-order valence-electron chi connectivity index (χ2n) is 5.04. The molecule has 0 bridgehead atoms. The Morgan fingerprint density at radius 2 is 2.05 bits per heavy atom. The summed E-state index contributed by atoms with van der Waals surface area (Å²) in [5.41, 5.74) is 2.14. The summed E-state index contributed by atoms with van der Waals surface area (Å²) in [6.07, 6.45) is 1.90. The number of aryl methyl sites for hydroxylation is 1. The molecule has 0 amide bonds. The lowest BCUT2D eigenvalue weighted by molar-refractivity contribution is -0.380.